The molecular formula is C25H31FN6O. The van der Waals surface area contributed by atoms with E-state index >= 15 is 0 Å². The molecule has 2 saturated heterocycles. The molecule has 0 spiro atoms. The number of aromatic nitrogens is 2. The summed E-state index contributed by atoms with van der Waals surface area (Å²) in [5, 5.41) is 10.6. The van der Waals surface area contributed by atoms with Crippen molar-refractivity contribution in [3.05, 3.63) is 53.6 Å². The van der Waals surface area contributed by atoms with Gasteiger partial charge in [0.1, 0.15) is 11.5 Å². The lowest BCUT2D eigenvalue weighted by Gasteiger charge is -2.34. The third-order valence-corrected chi connectivity index (χ3v) is 6.92. The van der Waals surface area contributed by atoms with Gasteiger partial charge in [0.2, 0.25) is 0 Å². The summed E-state index contributed by atoms with van der Waals surface area (Å²) in [6.45, 7) is 5.08. The first-order chi connectivity index (χ1) is 16.1. The number of halogens is 1. The van der Waals surface area contributed by atoms with Crippen molar-refractivity contribution in [2.24, 2.45) is 0 Å². The number of carbonyl (C=O) groups is 1. The van der Waals surface area contributed by atoms with Crippen LogP contribution in [0.1, 0.15) is 35.7 Å². The van der Waals surface area contributed by atoms with Crippen molar-refractivity contribution in [1.29, 1.82) is 0 Å². The highest BCUT2D eigenvalue weighted by molar-refractivity contribution is 6.06. The van der Waals surface area contributed by atoms with E-state index in [1.807, 2.05) is 29.0 Å². The second kappa shape index (κ2) is 9.02. The summed E-state index contributed by atoms with van der Waals surface area (Å²) >= 11 is 0. The smallest absolute Gasteiger partial charge is 0.254 e. The van der Waals surface area contributed by atoms with Crippen molar-refractivity contribution < 1.29 is 9.18 Å². The molecule has 174 valence electrons. The number of nitrogens with zero attached hydrogens (tertiary/aromatic N) is 3. The summed E-state index contributed by atoms with van der Waals surface area (Å²) in [4.78, 5) is 19.6. The van der Waals surface area contributed by atoms with Gasteiger partial charge >= 0.3 is 0 Å². The van der Waals surface area contributed by atoms with E-state index < -0.39 is 0 Å². The molecule has 0 radical (unpaired) electrons. The summed E-state index contributed by atoms with van der Waals surface area (Å²) in [7, 11) is 1.80. The number of anilines is 2. The van der Waals surface area contributed by atoms with E-state index in [0.717, 1.165) is 42.0 Å². The van der Waals surface area contributed by atoms with E-state index in [1.54, 1.807) is 19.3 Å². The summed E-state index contributed by atoms with van der Waals surface area (Å²) in [5.41, 5.74) is 3.64. The van der Waals surface area contributed by atoms with Gasteiger partial charge in [-0.1, -0.05) is 6.07 Å². The van der Waals surface area contributed by atoms with Crippen LogP contribution in [0, 0.1) is 5.82 Å². The Morgan fingerprint density at radius 3 is 2.73 bits per heavy atom. The van der Waals surface area contributed by atoms with Crippen molar-refractivity contribution in [3.63, 3.8) is 0 Å². The van der Waals surface area contributed by atoms with Crippen LogP contribution >= 0.6 is 0 Å². The molecule has 0 aliphatic carbocycles. The van der Waals surface area contributed by atoms with Crippen molar-refractivity contribution in [2.45, 2.75) is 44.8 Å². The van der Waals surface area contributed by atoms with Crippen LogP contribution in [0.3, 0.4) is 0 Å². The maximum Gasteiger partial charge on any atom is 0.254 e. The maximum atomic E-state index is 14.8. The van der Waals surface area contributed by atoms with E-state index in [-0.39, 0.29) is 11.7 Å². The minimum atomic E-state index is -0.216. The molecule has 2 aliphatic heterocycles. The molecule has 2 fully saturated rings. The number of hydrogen-bond donors (Lipinski definition) is 3. The first kappa shape index (κ1) is 21.7. The predicted octanol–water partition coefficient (Wildman–Crippen LogP) is 3.15. The third kappa shape index (κ3) is 4.15. The third-order valence-electron chi connectivity index (χ3n) is 6.92. The number of hydrogen-bond acceptors (Lipinski definition) is 5. The molecule has 2 aromatic heterocycles. The van der Waals surface area contributed by atoms with Crippen LogP contribution in [-0.2, 0) is 13.0 Å². The van der Waals surface area contributed by atoms with Crippen LogP contribution in [0.15, 0.2) is 36.7 Å². The van der Waals surface area contributed by atoms with Gasteiger partial charge in [0.05, 0.1) is 11.3 Å². The van der Waals surface area contributed by atoms with Crippen LogP contribution in [0.25, 0.3) is 11.0 Å². The molecular weight excluding hydrogens is 419 g/mol. The minimum absolute atomic E-state index is 0.215. The zero-order chi connectivity index (χ0) is 22.9. The topological polar surface area (TPSA) is 74.2 Å². The second-order valence-electron chi connectivity index (χ2n) is 8.96. The van der Waals surface area contributed by atoms with Crippen LogP contribution in [0.4, 0.5) is 15.8 Å². The van der Waals surface area contributed by atoms with E-state index in [1.165, 1.54) is 12.8 Å². The van der Waals surface area contributed by atoms with Gasteiger partial charge in [-0.15, -0.1) is 0 Å². The van der Waals surface area contributed by atoms with Gasteiger partial charge in [0, 0.05) is 68.8 Å². The Bertz CT molecular complexity index is 1160. The average molecular weight is 451 g/mol. The Hall–Kier alpha value is -3.13. The Balaban J connectivity index is 1.23. The normalized spacial score (nSPS) is 19.8. The van der Waals surface area contributed by atoms with E-state index in [2.05, 4.69) is 32.8 Å². The SMILES string of the molecule is CCn1ccc2c(NC)c(C(=O)NCCc3ccc(N4CC5CCC(C4)N5)cc3F)cnc21. The fraction of sp³-hybridized carbons (Fsp3) is 0.440. The molecule has 33 heavy (non-hydrogen) atoms. The number of rotatable bonds is 7. The molecule has 1 amide bonds. The largest absolute Gasteiger partial charge is 0.387 e. The van der Waals surface area contributed by atoms with Gasteiger partial charge < -0.3 is 25.4 Å². The Morgan fingerprint density at radius 2 is 2.03 bits per heavy atom. The molecule has 0 saturated carbocycles. The quantitative estimate of drug-likeness (QED) is 0.516. The van der Waals surface area contributed by atoms with Crippen molar-refractivity contribution in [3.8, 4) is 0 Å². The van der Waals surface area contributed by atoms with Crippen LogP contribution in [-0.4, -0.2) is 54.2 Å². The highest BCUT2D eigenvalue weighted by atomic mass is 19.1. The Labute approximate surface area is 193 Å². The Morgan fingerprint density at radius 1 is 1.24 bits per heavy atom. The zero-order valence-corrected chi connectivity index (χ0v) is 19.2. The molecule has 2 aliphatic rings. The zero-order valence-electron chi connectivity index (χ0n) is 19.2. The lowest BCUT2D eigenvalue weighted by atomic mass is 10.1. The van der Waals surface area contributed by atoms with Gasteiger partial charge in [0.15, 0.2) is 0 Å². The molecule has 2 atom stereocenters. The second-order valence-corrected chi connectivity index (χ2v) is 8.96. The lowest BCUT2D eigenvalue weighted by Crippen LogP contribution is -2.51. The molecule has 3 N–H and O–H groups in total. The predicted molar refractivity (Wildman–Crippen MR) is 130 cm³/mol. The van der Waals surface area contributed by atoms with E-state index in [9.17, 15) is 9.18 Å². The maximum absolute atomic E-state index is 14.8. The average Bonchev–Trinajstić information content (AvgIpc) is 3.40. The highest BCUT2D eigenvalue weighted by Gasteiger charge is 2.32. The fourth-order valence-electron chi connectivity index (χ4n) is 5.18. The number of pyridine rings is 1. The summed E-state index contributed by atoms with van der Waals surface area (Å²) in [6.07, 6.45) is 6.40. The fourth-order valence-corrected chi connectivity index (χ4v) is 5.18. The monoisotopic (exact) mass is 450 g/mol. The summed E-state index contributed by atoms with van der Waals surface area (Å²) in [5.74, 6) is -0.432. The number of fused-ring (bicyclic) bond motifs is 3. The molecule has 4 heterocycles. The van der Waals surface area contributed by atoms with E-state index in [4.69, 9.17) is 0 Å². The van der Waals surface area contributed by atoms with Gasteiger partial charge in [-0.2, -0.15) is 0 Å². The van der Waals surface area contributed by atoms with Crippen LogP contribution in [0.2, 0.25) is 0 Å². The molecule has 5 rings (SSSR count). The first-order valence-corrected chi connectivity index (χ1v) is 11.8. The standard InChI is InChI=1S/C25H31FN6O/c1-3-31-11-9-20-23(27-2)21(13-29-24(20)31)25(33)28-10-8-16-4-7-19(12-22(16)26)32-14-17-5-6-18(15-32)30-17/h4,7,9,11-13,17-18,30H,3,5-6,8,10,14-15H2,1-2H3,(H,27,29)(H,28,33). The van der Waals surface area contributed by atoms with Gasteiger partial charge in [0.25, 0.3) is 5.91 Å². The summed E-state index contributed by atoms with van der Waals surface area (Å²) < 4.78 is 16.9. The molecule has 8 heteroatoms. The number of piperazine rings is 1. The lowest BCUT2D eigenvalue weighted by molar-refractivity contribution is 0.0954. The number of amides is 1. The Kier molecular flexibility index (Phi) is 5.93. The van der Waals surface area contributed by atoms with Crippen molar-refractivity contribution in [2.75, 3.05) is 36.9 Å². The van der Waals surface area contributed by atoms with Gasteiger partial charge in [-0.25, -0.2) is 9.37 Å². The molecule has 1 aromatic carbocycles. The number of aryl methyl sites for hydroxylation is 1. The molecule has 2 unspecified atom stereocenters. The van der Waals surface area contributed by atoms with Crippen LogP contribution in [0.5, 0.6) is 0 Å². The van der Waals surface area contributed by atoms with Gasteiger partial charge in [-0.05, 0) is 49.9 Å². The highest BCUT2D eigenvalue weighted by Crippen LogP contribution is 2.28. The molecule has 7 nitrogen and oxygen atoms in total. The van der Waals surface area contributed by atoms with Gasteiger partial charge in [-0.3, -0.25) is 4.79 Å². The summed E-state index contributed by atoms with van der Waals surface area (Å²) in [6, 6.07) is 8.48. The van der Waals surface area contributed by atoms with Crippen molar-refractivity contribution >= 4 is 28.3 Å². The number of carbonyl (C=O) groups excluding carboxylic acids is 1. The van der Waals surface area contributed by atoms with Crippen molar-refractivity contribution in [1.82, 2.24) is 20.2 Å². The first-order valence-electron chi connectivity index (χ1n) is 11.8. The molecule has 3 aromatic rings. The van der Waals surface area contributed by atoms with Crippen LogP contribution < -0.4 is 20.9 Å². The molecule has 2 bridgehead atoms. The van der Waals surface area contributed by atoms with E-state index in [0.29, 0.717) is 36.2 Å². The minimum Gasteiger partial charge on any atom is -0.387 e. The number of benzene rings is 1. The number of nitrogens with one attached hydrogen (secondary N) is 3.